The minimum atomic E-state index is -0.309. The summed E-state index contributed by atoms with van der Waals surface area (Å²) in [5.41, 5.74) is 6.96. The number of nitrogens with two attached hydrogens (primary N) is 1. The van der Waals surface area contributed by atoms with Gasteiger partial charge in [0.1, 0.15) is 5.82 Å². The monoisotopic (exact) mass is 224 g/mol. The highest BCUT2D eigenvalue weighted by Crippen LogP contribution is 2.16. The van der Waals surface area contributed by atoms with E-state index in [0.29, 0.717) is 11.3 Å². The van der Waals surface area contributed by atoms with Crippen LogP contribution in [-0.2, 0) is 4.79 Å². The molecule has 1 amide bonds. The maximum atomic E-state index is 12.8. The first-order valence-corrected chi connectivity index (χ1v) is 5.24. The molecule has 1 rings (SSSR count). The van der Waals surface area contributed by atoms with Crippen molar-refractivity contribution in [1.29, 1.82) is 0 Å². The van der Waals surface area contributed by atoms with Crippen LogP contribution in [0.1, 0.15) is 19.4 Å². The highest BCUT2D eigenvalue weighted by Gasteiger charge is 2.17. The third-order valence-electron chi connectivity index (χ3n) is 2.65. The lowest BCUT2D eigenvalue weighted by Gasteiger charge is -2.16. The number of benzene rings is 1. The number of carbonyl (C=O) groups is 1. The van der Waals surface area contributed by atoms with E-state index in [0.717, 1.165) is 0 Å². The smallest absolute Gasteiger partial charge is 0.228 e. The van der Waals surface area contributed by atoms with E-state index in [-0.39, 0.29) is 23.7 Å². The normalized spacial score (nSPS) is 14.3. The Bertz CT molecular complexity index is 391. The second-order valence-corrected chi connectivity index (χ2v) is 4.10. The number of amides is 1. The average Bonchev–Trinajstić information content (AvgIpc) is 2.20. The van der Waals surface area contributed by atoms with Crippen LogP contribution in [-0.4, -0.2) is 11.9 Å². The predicted octanol–water partition coefficient (Wildman–Crippen LogP) is 2.06. The van der Waals surface area contributed by atoms with Gasteiger partial charge in [-0.25, -0.2) is 4.39 Å². The molecule has 0 bridgehead atoms. The molecule has 0 aliphatic carbocycles. The van der Waals surface area contributed by atoms with E-state index in [1.54, 1.807) is 26.8 Å². The van der Waals surface area contributed by atoms with Crippen LogP contribution >= 0.6 is 0 Å². The average molecular weight is 224 g/mol. The highest BCUT2D eigenvalue weighted by atomic mass is 19.1. The fourth-order valence-corrected chi connectivity index (χ4v) is 1.25. The Hall–Kier alpha value is -1.42. The third kappa shape index (κ3) is 3.03. The Morgan fingerprint density at radius 1 is 1.44 bits per heavy atom. The van der Waals surface area contributed by atoms with E-state index in [1.165, 1.54) is 12.1 Å². The van der Waals surface area contributed by atoms with Crippen LogP contribution in [0.15, 0.2) is 18.2 Å². The van der Waals surface area contributed by atoms with Crippen LogP contribution in [0.25, 0.3) is 0 Å². The van der Waals surface area contributed by atoms with Crippen molar-refractivity contribution in [3.63, 3.8) is 0 Å². The van der Waals surface area contributed by atoms with Gasteiger partial charge in [0, 0.05) is 11.7 Å². The summed E-state index contributed by atoms with van der Waals surface area (Å²) >= 11 is 0. The molecule has 0 saturated carbocycles. The fraction of sp³-hybridized carbons (Fsp3) is 0.417. The van der Waals surface area contributed by atoms with E-state index in [1.807, 2.05) is 0 Å². The van der Waals surface area contributed by atoms with E-state index in [2.05, 4.69) is 5.32 Å². The van der Waals surface area contributed by atoms with Crippen molar-refractivity contribution in [1.82, 2.24) is 0 Å². The van der Waals surface area contributed by atoms with E-state index in [9.17, 15) is 9.18 Å². The summed E-state index contributed by atoms with van der Waals surface area (Å²) in [4.78, 5) is 11.7. The zero-order valence-electron chi connectivity index (χ0n) is 9.75. The Balaban J connectivity index is 2.77. The van der Waals surface area contributed by atoms with Gasteiger partial charge in [-0.05, 0) is 37.6 Å². The summed E-state index contributed by atoms with van der Waals surface area (Å²) in [5, 5.41) is 2.73. The topological polar surface area (TPSA) is 55.1 Å². The fourth-order valence-electron chi connectivity index (χ4n) is 1.25. The van der Waals surface area contributed by atoms with E-state index < -0.39 is 0 Å². The summed E-state index contributed by atoms with van der Waals surface area (Å²) in [6, 6.07) is 4.04. The van der Waals surface area contributed by atoms with E-state index >= 15 is 0 Å². The predicted molar refractivity (Wildman–Crippen MR) is 62.6 cm³/mol. The summed E-state index contributed by atoms with van der Waals surface area (Å²) in [6.45, 7) is 5.29. The lowest BCUT2D eigenvalue weighted by Crippen LogP contribution is -2.34. The highest BCUT2D eigenvalue weighted by molar-refractivity contribution is 5.93. The Kier molecular flexibility index (Phi) is 4.01. The molecule has 1 aromatic rings. The number of rotatable bonds is 3. The quantitative estimate of drug-likeness (QED) is 0.825. The summed E-state index contributed by atoms with van der Waals surface area (Å²) in [5.74, 6) is -0.732. The Morgan fingerprint density at radius 2 is 2.06 bits per heavy atom. The Labute approximate surface area is 94.8 Å². The SMILES string of the molecule is Cc1cc(F)ccc1NC(=O)C(C)C(C)N. The van der Waals surface area contributed by atoms with Gasteiger partial charge in [0.15, 0.2) is 0 Å². The largest absolute Gasteiger partial charge is 0.327 e. The van der Waals surface area contributed by atoms with Gasteiger partial charge in [0.05, 0.1) is 5.92 Å². The molecule has 0 spiro atoms. The lowest BCUT2D eigenvalue weighted by atomic mass is 10.0. The molecule has 0 fully saturated rings. The number of nitrogens with one attached hydrogen (secondary N) is 1. The number of hydrogen-bond donors (Lipinski definition) is 2. The van der Waals surface area contributed by atoms with Crippen molar-refractivity contribution < 1.29 is 9.18 Å². The van der Waals surface area contributed by atoms with Crippen molar-refractivity contribution in [2.75, 3.05) is 5.32 Å². The zero-order chi connectivity index (χ0) is 12.3. The Morgan fingerprint density at radius 3 is 2.56 bits per heavy atom. The van der Waals surface area contributed by atoms with Crippen LogP contribution < -0.4 is 11.1 Å². The molecule has 0 aliphatic heterocycles. The van der Waals surface area contributed by atoms with Crippen molar-refractivity contribution >= 4 is 11.6 Å². The number of anilines is 1. The molecular weight excluding hydrogens is 207 g/mol. The molecule has 0 aliphatic rings. The summed E-state index contributed by atoms with van der Waals surface area (Å²) in [6.07, 6.45) is 0. The molecule has 0 radical (unpaired) electrons. The van der Waals surface area contributed by atoms with Crippen molar-refractivity contribution in [2.45, 2.75) is 26.8 Å². The first-order chi connectivity index (χ1) is 7.41. The van der Waals surface area contributed by atoms with Crippen LogP contribution in [0.3, 0.4) is 0 Å². The van der Waals surface area contributed by atoms with Gasteiger partial charge in [-0.2, -0.15) is 0 Å². The van der Waals surface area contributed by atoms with Gasteiger partial charge in [0.25, 0.3) is 0 Å². The molecule has 1 aromatic carbocycles. The maximum absolute atomic E-state index is 12.8. The van der Waals surface area contributed by atoms with Crippen molar-refractivity contribution in [2.24, 2.45) is 11.7 Å². The molecule has 4 heteroatoms. The van der Waals surface area contributed by atoms with Gasteiger partial charge in [-0.1, -0.05) is 6.92 Å². The van der Waals surface area contributed by atoms with Gasteiger partial charge in [-0.3, -0.25) is 4.79 Å². The molecule has 3 nitrogen and oxygen atoms in total. The number of aryl methyl sites for hydroxylation is 1. The number of hydrogen-bond acceptors (Lipinski definition) is 2. The number of halogens is 1. The second-order valence-electron chi connectivity index (χ2n) is 4.10. The van der Waals surface area contributed by atoms with Crippen LogP contribution in [0, 0.1) is 18.7 Å². The van der Waals surface area contributed by atoms with Crippen molar-refractivity contribution in [3.05, 3.63) is 29.6 Å². The molecule has 2 unspecified atom stereocenters. The third-order valence-corrected chi connectivity index (χ3v) is 2.65. The van der Waals surface area contributed by atoms with Gasteiger partial charge < -0.3 is 11.1 Å². The minimum absolute atomic E-state index is 0.148. The number of carbonyl (C=O) groups excluding carboxylic acids is 1. The van der Waals surface area contributed by atoms with Crippen LogP contribution in [0.5, 0.6) is 0 Å². The molecular formula is C12H17FN2O. The van der Waals surface area contributed by atoms with E-state index in [4.69, 9.17) is 5.73 Å². The van der Waals surface area contributed by atoms with Crippen molar-refractivity contribution in [3.8, 4) is 0 Å². The molecule has 2 atom stereocenters. The zero-order valence-corrected chi connectivity index (χ0v) is 9.75. The molecule has 0 heterocycles. The molecule has 3 N–H and O–H groups in total. The summed E-state index contributed by atoms with van der Waals surface area (Å²) < 4.78 is 12.8. The first-order valence-electron chi connectivity index (χ1n) is 5.24. The maximum Gasteiger partial charge on any atom is 0.228 e. The second kappa shape index (κ2) is 5.07. The van der Waals surface area contributed by atoms with Crippen LogP contribution in [0.4, 0.5) is 10.1 Å². The molecule has 0 aromatic heterocycles. The molecule has 88 valence electrons. The summed E-state index contributed by atoms with van der Waals surface area (Å²) in [7, 11) is 0. The van der Waals surface area contributed by atoms with Gasteiger partial charge in [0.2, 0.25) is 5.91 Å². The van der Waals surface area contributed by atoms with Gasteiger partial charge >= 0.3 is 0 Å². The lowest BCUT2D eigenvalue weighted by molar-refractivity contribution is -0.119. The first kappa shape index (κ1) is 12.6. The molecule has 0 saturated heterocycles. The van der Waals surface area contributed by atoms with Crippen LogP contribution in [0.2, 0.25) is 0 Å². The standard InChI is InChI=1S/C12H17FN2O/c1-7-6-10(13)4-5-11(7)15-12(16)8(2)9(3)14/h4-6,8-9H,14H2,1-3H3,(H,15,16). The minimum Gasteiger partial charge on any atom is -0.327 e. The van der Waals surface area contributed by atoms with Gasteiger partial charge in [-0.15, -0.1) is 0 Å². The molecule has 16 heavy (non-hydrogen) atoms.